The second-order valence-corrected chi connectivity index (χ2v) is 17.2. The number of aliphatic hydroxyl groups excluding tert-OH is 2. The molecule has 3 heterocycles. The van der Waals surface area contributed by atoms with Crippen molar-refractivity contribution >= 4 is 70.7 Å². The van der Waals surface area contributed by atoms with Crippen molar-refractivity contribution in [1.29, 1.82) is 0 Å². The Balaban J connectivity index is 1.46. The van der Waals surface area contributed by atoms with Crippen LogP contribution in [0.25, 0.3) is 0 Å². The standard InChI is InChI=1S/C42H62N12O16/c1-18(49-37(63)31(45)33(60)42(68)69)35(61)51-32(20(3)55)41(67)54(38(64)19(2)48-23-8-6-14-52(70)40(23)66)39(65)22(43)7-4-5-12-47-36(62)25-11-13-46-34-24(50-30(59)10-9-29(44)58)15-21-16-27(56)28(57)17-26(21)53(25)34/h16-20,22-25,31-33,48,55-57,60,70H,4-15,43,45H2,1-3H3,(H2,44,58)(H,47,62)(H,49,63)(H,50,59)(H,51,61)(H,68,69). The largest absolute Gasteiger partial charge is 0.504 e. The number of anilines is 1. The van der Waals surface area contributed by atoms with Crippen molar-refractivity contribution in [3.05, 3.63) is 17.7 Å². The minimum Gasteiger partial charge on any atom is -0.504 e. The molecule has 17 N–H and O–H groups in total. The van der Waals surface area contributed by atoms with Crippen LogP contribution in [0.4, 0.5) is 5.69 Å². The van der Waals surface area contributed by atoms with Crippen LogP contribution in [0.1, 0.15) is 77.7 Å². The van der Waals surface area contributed by atoms with Gasteiger partial charge in [-0.15, -0.1) is 0 Å². The van der Waals surface area contributed by atoms with Gasteiger partial charge in [-0.3, -0.25) is 58.7 Å². The first-order valence-corrected chi connectivity index (χ1v) is 22.5. The minimum absolute atomic E-state index is 0.0162. The van der Waals surface area contributed by atoms with Gasteiger partial charge in [0.2, 0.25) is 29.5 Å². The zero-order valence-corrected chi connectivity index (χ0v) is 38.7. The molecule has 0 bridgehead atoms. The SMILES string of the molecule is CC(NC(=O)C(N)C(O)C(=O)O)C(=O)NC(C(=O)N(C(=O)C(N)CCCCNC(=O)C1CCN=C2C(NC(=O)CCC(N)=O)Cc3cc(O)c(O)cc3N21)C(=O)C(C)NC1CCCN(O)C1=O)C(C)O. The number of fused-ring (bicyclic) bond motifs is 3. The molecule has 1 aromatic rings. The van der Waals surface area contributed by atoms with Crippen LogP contribution in [0.5, 0.6) is 11.5 Å². The fourth-order valence-electron chi connectivity index (χ4n) is 7.90. The number of nitrogens with one attached hydrogen (secondary N) is 5. The van der Waals surface area contributed by atoms with Crippen molar-refractivity contribution in [1.82, 2.24) is 36.5 Å². The Hall–Kier alpha value is -6.85. The van der Waals surface area contributed by atoms with Gasteiger partial charge in [-0.1, -0.05) is 0 Å². The van der Waals surface area contributed by atoms with E-state index in [0.717, 1.165) is 13.8 Å². The predicted molar refractivity (Wildman–Crippen MR) is 241 cm³/mol. The summed E-state index contributed by atoms with van der Waals surface area (Å²) in [6, 6.07) is -8.98. The van der Waals surface area contributed by atoms with Crippen LogP contribution >= 0.6 is 0 Å². The van der Waals surface area contributed by atoms with Crippen LogP contribution in [0.2, 0.25) is 0 Å². The van der Waals surface area contributed by atoms with Gasteiger partial charge in [0.25, 0.3) is 23.6 Å². The fraction of sp³-hybridized carbons (Fsp3) is 0.595. The molecule has 28 nitrogen and oxygen atoms in total. The number of nitrogens with zero attached hydrogens (tertiary/aromatic N) is 4. The fourth-order valence-corrected chi connectivity index (χ4v) is 7.90. The third kappa shape index (κ3) is 13.9. The monoisotopic (exact) mass is 990 g/mol. The molecule has 0 spiro atoms. The van der Waals surface area contributed by atoms with Crippen molar-refractivity contribution in [3.8, 4) is 11.5 Å². The lowest BCUT2D eigenvalue weighted by molar-refractivity contribution is -0.173. The van der Waals surface area contributed by atoms with Crippen LogP contribution in [0.15, 0.2) is 17.1 Å². The molecule has 9 amide bonds. The van der Waals surface area contributed by atoms with E-state index in [4.69, 9.17) is 22.3 Å². The number of hydroxylamine groups is 2. The number of aromatic hydroxyl groups is 2. The number of imide groups is 3. The van der Waals surface area contributed by atoms with Gasteiger partial charge in [-0.2, -0.15) is 0 Å². The summed E-state index contributed by atoms with van der Waals surface area (Å²) in [6.07, 6.45) is -3.63. The van der Waals surface area contributed by atoms with E-state index >= 15 is 0 Å². The summed E-state index contributed by atoms with van der Waals surface area (Å²) in [4.78, 5) is 136. The normalized spacial score (nSPS) is 20.6. The van der Waals surface area contributed by atoms with Gasteiger partial charge in [0.1, 0.15) is 30.0 Å². The molecule has 0 aliphatic carbocycles. The summed E-state index contributed by atoms with van der Waals surface area (Å²) in [5.74, 6) is -11.4. The summed E-state index contributed by atoms with van der Waals surface area (Å²) in [5.41, 5.74) is 17.8. The maximum Gasteiger partial charge on any atom is 0.334 e. The highest BCUT2D eigenvalue weighted by Crippen LogP contribution is 2.40. The van der Waals surface area contributed by atoms with E-state index in [1.807, 2.05) is 0 Å². The number of aliphatic carboxylic acids is 1. The number of piperidine rings is 1. The number of amides is 9. The lowest BCUT2D eigenvalue weighted by Gasteiger charge is -2.43. The predicted octanol–water partition coefficient (Wildman–Crippen LogP) is -5.62. The van der Waals surface area contributed by atoms with E-state index < -0.39 is 131 Å². The second-order valence-electron chi connectivity index (χ2n) is 17.2. The number of carboxylic acids is 1. The van der Waals surface area contributed by atoms with Crippen LogP contribution in [-0.2, 0) is 54.4 Å². The molecule has 3 aliphatic rings. The average molecular weight is 991 g/mol. The molecule has 4 rings (SSSR count). The molecular formula is C42H62N12O16. The number of hydrogen-bond donors (Lipinski definition) is 14. The third-order valence-electron chi connectivity index (χ3n) is 11.8. The Morgan fingerprint density at radius 1 is 0.871 bits per heavy atom. The molecular weight excluding hydrogens is 929 g/mol. The highest BCUT2D eigenvalue weighted by Gasteiger charge is 2.44. The van der Waals surface area contributed by atoms with E-state index in [0.29, 0.717) is 28.6 Å². The Kier molecular flexibility index (Phi) is 19.6. The van der Waals surface area contributed by atoms with Gasteiger partial charge in [0.15, 0.2) is 17.6 Å². The number of phenolic OH excluding ortho intramolecular Hbond substituents is 2. The molecule has 3 aliphatic heterocycles. The molecule has 10 unspecified atom stereocenters. The number of benzene rings is 1. The Bertz CT molecular complexity index is 2230. The van der Waals surface area contributed by atoms with E-state index in [-0.39, 0.29) is 75.9 Å². The maximum absolute atomic E-state index is 14.2. The van der Waals surface area contributed by atoms with Crippen molar-refractivity contribution in [3.63, 3.8) is 0 Å². The molecule has 70 heavy (non-hydrogen) atoms. The van der Waals surface area contributed by atoms with E-state index in [9.17, 15) is 73.6 Å². The van der Waals surface area contributed by atoms with E-state index in [1.165, 1.54) is 19.1 Å². The number of amidine groups is 1. The number of aliphatic imine (C=N–C) groups is 1. The number of carbonyl (C=O) groups excluding carboxylic acids is 9. The lowest BCUT2D eigenvalue weighted by atomic mass is 9.92. The van der Waals surface area contributed by atoms with Gasteiger partial charge in [0.05, 0.1) is 36.0 Å². The van der Waals surface area contributed by atoms with E-state index in [1.54, 1.807) is 4.90 Å². The van der Waals surface area contributed by atoms with Crippen LogP contribution < -0.4 is 48.7 Å². The Morgan fingerprint density at radius 3 is 2.19 bits per heavy atom. The molecule has 0 aromatic heterocycles. The number of primary amides is 1. The maximum atomic E-state index is 14.2. The first-order chi connectivity index (χ1) is 32.8. The smallest absolute Gasteiger partial charge is 0.334 e. The number of nitrogens with two attached hydrogens (primary N) is 3. The van der Waals surface area contributed by atoms with Crippen LogP contribution in [0, 0.1) is 0 Å². The van der Waals surface area contributed by atoms with Crippen molar-refractivity contribution in [2.45, 2.75) is 139 Å². The van der Waals surface area contributed by atoms with Crippen molar-refractivity contribution in [2.24, 2.45) is 22.2 Å². The summed E-state index contributed by atoms with van der Waals surface area (Å²) in [7, 11) is 0. The topological polar surface area (TPSA) is 452 Å². The minimum atomic E-state index is -2.34. The number of phenols is 2. The van der Waals surface area contributed by atoms with E-state index in [2.05, 4.69) is 31.6 Å². The molecule has 28 heteroatoms. The molecule has 0 saturated carbocycles. The lowest BCUT2D eigenvalue weighted by Crippen LogP contribution is -2.64. The van der Waals surface area contributed by atoms with Crippen molar-refractivity contribution < 1.29 is 78.7 Å². The van der Waals surface area contributed by atoms with Gasteiger partial charge in [0, 0.05) is 45.0 Å². The zero-order valence-electron chi connectivity index (χ0n) is 38.7. The highest BCUT2D eigenvalue weighted by molar-refractivity contribution is 6.16. The van der Waals surface area contributed by atoms with Crippen LogP contribution in [0.3, 0.4) is 0 Å². The third-order valence-corrected chi connectivity index (χ3v) is 11.8. The van der Waals surface area contributed by atoms with Crippen LogP contribution in [-0.4, -0.2) is 186 Å². The number of carbonyl (C=O) groups is 10. The first-order valence-electron chi connectivity index (χ1n) is 22.5. The van der Waals surface area contributed by atoms with Gasteiger partial charge >= 0.3 is 5.97 Å². The second kappa shape index (κ2) is 24.6. The summed E-state index contributed by atoms with van der Waals surface area (Å²) >= 11 is 0. The summed E-state index contributed by atoms with van der Waals surface area (Å²) in [5, 5.41) is 72.8. The molecule has 10 atom stereocenters. The Morgan fingerprint density at radius 2 is 1.54 bits per heavy atom. The number of rotatable bonds is 22. The highest BCUT2D eigenvalue weighted by atomic mass is 16.5. The Labute approximate surface area is 400 Å². The van der Waals surface area contributed by atoms with Crippen molar-refractivity contribution in [2.75, 3.05) is 24.5 Å². The quantitative estimate of drug-likeness (QED) is 0.0293. The molecule has 1 fully saturated rings. The average Bonchev–Trinajstić information content (AvgIpc) is 3.30. The molecule has 386 valence electrons. The molecule has 0 radical (unpaired) electrons. The zero-order chi connectivity index (χ0) is 52.3. The van der Waals surface area contributed by atoms with Gasteiger partial charge in [-0.05, 0) is 70.9 Å². The number of carboxylic acid groups (broad SMARTS) is 1. The molecule has 1 aromatic carbocycles. The number of aliphatic hydroxyl groups is 2. The molecule has 1 saturated heterocycles. The summed E-state index contributed by atoms with van der Waals surface area (Å²) in [6.45, 7) is 3.55. The first kappa shape index (κ1) is 55.7. The number of unbranched alkanes of at least 4 members (excludes halogenated alkanes) is 1. The van der Waals surface area contributed by atoms with Gasteiger partial charge in [-0.25, -0.2) is 14.8 Å². The summed E-state index contributed by atoms with van der Waals surface area (Å²) < 4.78 is 0. The van der Waals surface area contributed by atoms with Gasteiger partial charge < -0.3 is 68.9 Å². The number of hydrogen-bond acceptors (Lipinski definition) is 20.